The van der Waals surface area contributed by atoms with Crippen LogP contribution in [0, 0.1) is 11.8 Å². The van der Waals surface area contributed by atoms with Gasteiger partial charge in [0.15, 0.2) is 0 Å². The van der Waals surface area contributed by atoms with E-state index in [0.29, 0.717) is 12.3 Å². The number of carboxylic acids is 1. The first-order valence-electron chi connectivity index (χ1n) is 4.00. The fraction of sp³-hybridized carbons (Fsp3) is 0.667. The van der Waals surface area contributed by atoms with Gasteiger partial charge in [-0.1, -0.05) is 18.6 Å². The van der Waals surface area contributed by atoms with Crippen LogP contribution in [0.5, 0.6) is 0 Å². The third-order valence-electron chi connectivity index (χ3n) is 2.49. The van der Waals surface area contributed by atoms with Gasteiger partial charge in [-0.15, -0.1) is 0 Å². The van der Waals surface area contributed by atoms with Gasteiger partial charge < -0.3 is 5.11 Å². The molecule has 0 saturated carbocycles. The van der Waals surface area contributed by atoms with Crippen LogP contribution in [0.4, 0.5) is 0 Å². The Morgan fingerprint density at radius 1 is 1.73 bits per heavy atom. The summed E-state index contributed by atoms with van der Waals surface area (Å²) in [5.74, 6) is -0.348. The zero-order valence-corrected chi connectivity index (χ0v) is 7.00. The van der Waals surface area contributed by atoms with Crippen LogP contribution in [0.25, 0.3) is 0 Å². The second kappa shape index (κ2) is 3.07. The molecule has 2 atom stereocenters. The van der Waals surface area contributed by atoms with Crippen LogP contribution in [0.1, 0.15) is 26.7 Å². The molecule has 0 aromatic carbocycles. The average molecular weight is 154 g/mol. The summed E-state index contributed by atoms with van der Waals surface area (Å²) < 4.78 is 0. The van der Waals surface area contributed by atoms with Crippen molar-refractivity contribution in [1.29, 1.82) is 0 Å². The second-order valence-corrected chi connectivity index (χ2v) is 3.36. The van der Waals surface area contributed by atoms with Gasteiger partial charge in [-0.3, -0.25) is 4.79 Å². The molecule has 1 N–H and O–H groups in total. The Kier molecular flexibility index (Phi) is 2.32. The maximum Gasteiger partial charge on any atom is 0.306 e. The van der Waals surface area contributed by atoms with E-state index < -0.39 is 5.97 Å². The number of hydrogen-bond acceptors (Lipinski definition) is 1. The van der Waals surface area contributed by atoms with Gasteiger partial charge in [-0.2, -0.15) is 0 Å². The van der Waals surface area contributed by atoms with Crippen molar-refractivity contribution in [1.82, 2.24) is 0 Å². The molecule has 1 aliphatic rings. The lowest BCUT2D eigenvalue weighted by molar-refractivity contribution is -0.142. The molecule has 2 nitrogen and oxygen atoms in total. The molecule has 2 unspecified atom stereocenters. The van der Waals surface area contributed by atoms with Crippen LogP contribution in [0.3, 0.4) is 0 Å². The Morgan fingerprint density at radius 2 is 2.36 bits per heavy atom. The molecular formula is C9H14O2. The zero-order valence-electron chi connectivity index (χ0n) is 7.00. The Hall–Kier alpha value is -0.790. The Morgan fingerprint density at radius 3 is 2.82 bits per heavy atom. The van der Waals surface area contributed by atoms with E-state index in [2.05, 4.69) is 13.8 Å². The lowest BCUT2D eigenvalue weighted by Gasteiger charge is -2.22. The van der Waals surface area contributed by atoms with Crippen molar-refractivity contribution >= 4 is 5.97 Å². The van der Waals surface area contributed by atoms with Crippen molar-refractivity contribution in [3.8, 4) is 0 Å². The number of allylic oxidation sites excluding steroid dienone is 2. The number of carbonyl (C=O) groups is 1. The Balaban J connectivity index is 2.62. The molecule has 1 aliphatic carbocycles. The molecule has 0 saturated heterocycles. The molecule has 11 heavy (non-hydrogen) atoms. The molecule has 0 bridgehead atoms. The highest BCUT2D eigenvalue weighted by Crippen LogP contribution is 2.28. The molecular weight excluding hydrogens is 140 g/mol. The lowest BCUT2D eigenvalue weighted by Crippen LogP contribution is -2.20. The third-order valence-corrected chi connectivity index (χ3v) is 2.49. The topological polar surface area (TPSA) is 37.3 Å². The predicted molar refractivity (Wildman–Crippen MR) is 43.3 cm³/mol. The number of rotatable bonds is 1. The smallest absolute Gasteiger partial charge is 0.306 e. The van der Waals surface area contributed by atoms with Crippen molar-refractivity contribution in [2.45, 2.75) is 26.7 Å². The minimum Gasteiger partial charge on any atom is -0.481 e. The Bertz CT molecular complexity index is 194. The van der Waals surface area contributed by atoms with Gasteiger partial charge in [-0.05, 0) is 25.7 Å². The van der Waals surface area contributed by atoms with Crippen LogP contribution < -0.4 is 0 Å². The summed E-state index contributed by atoms with van der Waals surface area (Å²) in [6.45, 7) is 4.16. The van der Waals surface area contributed by atoms with E-state index in [1.54, 1.807) is 0 Å². The molecule has 0 heterocycles. The van der Waals surface area contributed by atoms with Gasteiger partial charge in [0.25, 0.3) is 0 Å². The van der Waals surface area contributed by atoms with Crippen molar-refractivity contribution in [2.75, 3.05) is 0 Å². The van der Waals surface area contributed by atoms with Gasteiger partial charge in [-0.25, -0.2) is 0 Å². The number of hydrogen-bond donors (Lipinski definition) is 1. The highest BCUT2D eigenvalue weighted by Gasteiger charge is 2.23. The average Bonchev–Trinajstić information content (AvgIpc) is 1.94. The lowest BCUT2D eigenvalue weighted by atomic mass is 9.83. The van der Waals surface area contributed by atoms with E-state index in [-0.39, 0.29) is 5.92 Å². The van der Waals surface area contributed by atoms with Crippen LogP contribution in [-0.2, 0) is 4.79 Å². The fourth-order valence-electron chi connectivity index (χ4n) is 1.44. The van der Waals surface area contributed by atoms with E-state index in [4.69, 9.17) is 5.11 Å². The normalized spacial score (nSPS) is 31.3. The molecule has 0 spiro atoms. The quantitative estimate of drug-likeness (QED) is 0.587. The van der Waals surface area contributed by atoms with Crippen LogP contribution in [0.2, 0.25) is 0 Å². The number of carboxylic acid groups (broad SMARTS) is 1. The molecule has 0 aliphatic heterocycles. The first kappa shape index (κ1) is 8.31. The summed E-state index contributed by atoms with van der Waals surface area (Å²) >= 11 is 0. The fourth-order valence-corrected chi connectivity index (χ4v) is 1.44. The monoisotopic (exact) mass is 154 g/mol. The summed E-state index contributed by atoms with van der Waals surface area (Å²) in [6, 6.07) is 0. The van der Waals surface area contributed by atoms with Crippen molar-refractivity contribution in [3.63, 3.8) is 0 Å². The van der Waals surface area contributed by atoms with E-state index in [0.717, 1.165) is 6.42 Å². The molecule has 62 valence electrons. The standard InChI is InChI=1S/C9H14O2/c1-6-3-4-8(9(10)11)5-7(6)2/h3,7-8H,4-5H2,1-2H3,(H,10,11). The van der Waals surface area contributed by atoms with E-state index in [9.17, 15) is 4.79 Å². The largest absolute Gasteiger partial charge is 0.481 e. The minimum atomic E-state index is -0.652. The summed E-state index contributed by atoms with van der Waals surface area (Å²) in [6.07, 6.45) is 3.57. The van der Waals surface area contributed by atoms with Gasteiger partial charge in [0.1, 0.15) is 0 Å². The van der Waals surface area contributed by atoms with Crippen molar-refractivity contribution in [3.05, 3.63) is 11.6 Å². The third kappa shape index (κ3) is 1.82. The summed E-state index contributed by atoms with van der Waals surface area (Å²) in [5.41, 5.74) is 1.34. The molecule has 0 aromatic heterocycles. The van der Waals surface area contributed by atoms with E-state index >= 15 is 0 Å². The highest BCUT2D eigenvalue weighted by molar-refractivity contribution is 5.70. The molecule has 2 heteroatoms. The second-order valence-electron chi connectivity index (χ2n) is 3.36. The van der Waals surface area contributed by atoms with Gasteiger partial charge in [0.05, 0.1) is 5.92 Å². The number of aliphatic carboxylic acids is 1. The maximum absolute atomic E-state index is 10.6. The SMILES string of the molecule is CC1=CCC(C(=O)O)CC1C. The van der Waals surface area contributed by atoms with Crippen molar-refractivity contribution in [2.24, 2.45) is 11.8 Å². The Labute approximate surface area is 66.9 Å². The van der Waals surface area contributed by atoms with Gasteiger partial charge in [0, 0.05) is 0 Å². The minimum absolute atomic E-state index is 0.145. The predicted octanol–water partition coefficient (Wildman–Crippen LogP) is 2.06. The summed E-state index contributed by atoms with van der Waals surface area (Å²) in [4.78, 5) is 10.6. The van der Waals surface area contributed by atoms with Gasteiger partial charge in [0.2, 0.25) is 0 Å². The van der Waals surface area contributed by atoms with Crippen LogP contribution in [-0.4, -0.2) is 11.1 Å². The summed E-state index contributed by atoms with van der Waals surface area (Å²) in [7, 11) is 0. The van der Waals surface area contributed by atoms with E-state index in [1.165, 1.54) is 5.57 Å². The molecule has 0 aromatic rings. The highest BCUT2D eigenvalue weighted by atomic mass is 16.4. The molecule has 0 amide bonds. The molecule has 0 fully saturated rings. The van der Waals surface area contributed by atoms with E-state index in [1.807, 2.05) is 6.08 Å². The molecule has 0 radical (unpaired) electrons. The van der Waals surface area contributed by atoms with Crippen molar-refractivity contribution < 1.29 is 9.90 Å². The van der Waals surface area contributed by atoms with Crippen LogP contribution in [0.15, 0.2) is 11.6 Å². The van der Waals surface area contributed by atoms with Crippen LogP contribution >= 0.6 is 0 Å². The maximum atomic E-state index is 10.6. The first-order valence-corrected chi connectivity index (χ1v) is 4.00. The molecule has 1 rings (SSSR count). The zero-order chi connectivity index (χ0) is 8.43. The van der Waals surface area contributed by atoms with Gasteiger partial charge >= 0.3 is 5.97 Å². The summed E-state index contributed by atoms with van der Waals surface area (Å²) in [5, 5.41) is 8.71. The first-order chi connectivity index (χ1) is 5.11.